The fourth-order valence-corrected chi connectivity index (χ4v) is 3.31. The molecule has 0 spiro atoms. The van der Waals surface area contributed by atoms with E-state index in [9.17, 15) is 9.18 Å². The third-order valence-electron chi connectivity index (χ3n) is 4.94. The molecule has 0 saturated heterocycles. The molecule has 0 amide bonds. The van der Waals surface area contributed by atoms with E-state index in [0.29, 0.717) is 16.8 Å². The van der Waals surface area contributed by atoms with Gasteiger partial charge >= 0.3 is 0 Å². The molecule has 0 saturated carbocycles. The van der Waals surface area contributed by atoms with Gasteiger partial charge in [0.1, 0.15) is 11.6 Å². The topological polar surface area (TPSA) is 34.9 Å². The van der Waals surface area contributed by atoms with Crippen LogP contribution in [0.5, 0.6) is 0 Å². The van der Waals surface area contributed by atoms with Gasteiger partial charge in [0.2, 0.25) is 0 Å². The summed E-state index contributed by atoms with van der Waals surface area (Å²) in [5.74, 6) is 7.29. The summed E-state index contributed by atoms with van der Waals surface area (Å²) in [6, 6.07) is 11.6. The van der Waals surface area contributed by atoms with Crippen molar-refractivity contribution in [2.75, 3.05) is 0 Å². The molecule has 1 aliphatic rings. The van der Waals surface area contributed by atoms with Crippen LogP contribution in [0.15, 0.2) is 47.3 Å². The molecule has 130 valence electrons. The Labute approximate surface area is 151 Å². The zero-order chi connectivity index (χ0) is 18.1. The van der Waals surface area contributed by atoms with Crippen LogP contribution < -0.4 is 5.56 Å². The van der Waals surface area contributed by atoms with E-state index in [1.54, 1.807) is 18.2 Å². The van der Waals surface area contributed by atoms with Crippen molar-refractivity contribution >= 4 is 10.9 Å². The molecule has 1 unspecified atom stereocenters. The number of aryl methyl sites for hydroxylation is 1. The van der Waals surface area contributed by atoms with Crippen molar-refractivity contribution in [3.05, 3.63) is 75.6 Å². The fraction of sp³-hybridized carbons (Fsp3) is 0.273. The van der Waals surface area contributed by atoms with Crippen LogP contribution in [-0.4, -0.2) is 9.55 Å². The van der Waals surface area contributed by atoms with E-state index in [-0.39, 0.29) is 11.4 Å². The summed E-state index contributed by atoms with van der Waals surface area (Å²) in [7, 11) is 0. The second kappa shape index (κ2) is 6.76. The number of rotatable bonds is 0. The molecule has 2 aromatic carbocycles. The van der Waals surface area contributed by atoms with Gasteiger partial charge in [-0.15, -0.1) is 0 Å². The summed E-state index contributed by atoms with van der Waals surface area (Å²) < 4.78 is 14.8. The van der Waals surface area contributed by atoms with Crippen molar-refractivity contribution in [1.29, 1.82) is 0 Å². The Balaban J connectivity index is 1.74. The van der Waals surface area contributed by atoms with Crippen LogP contribution in [-0.2, 0) is 13.0 Å². The van der Waals surface area contributed by atoms with E-state index in [2.05, 4.69) is 18.8 Å². The quantitative estimate of drug-likeness (QED) is 0.579. The molecule has 3 aromatic rings. The molecule has 1 aromatic heterocycles. The zero-order valence-electron chi connectivity index (χ0n) is 14.6. The van der Waals surface area contributed by atoms with Gasteiger partial charge in [-0.2, -0.15) is 0 Å². The summed E-state index contributed by atoms with van der Waals surface area (Å²) in [5, 5.41) is 0.635. The third-order valence-corrected chi connectivity index (χ3v) is 4.94. The molecule has 1 atom stereocenters. The van der Waals surface area contributed by atoms with Crippen LogP contribution in [0.4, 0.5) is 4.39 Å². The zero-order valence-corrected chi connectivity index (χ0v) is 14.6. The van der Waals surface area contributed by atoms with Crippen molar-refractivity contribution in [3.8, 4) is 11.8 Å². The van der Waals surface area contributed by atoms with Gasteiger partial charge in [0.05, 0.1) is 10.9 Å². The molecule has 26 heavy (non-hydrogen) atoms. The van der Waals surface area contributed by atoms with Crippen LogP contribution in [0.3, 0.4) is 0 Å². The predicted octanol–water partition coefficient (Wildman–Crippen LogP) is 3.91. The first-order valence-electron chi connectivity index (χ1n) is 8.91. The van der Waals surface area contributed by atoms with E-state index in [4.69, 9.17) is 4.98 Å². The van der Waals surface area contributed by atoms with Gasteiger partial charge in [-0.1, -0.05) is 18.8 Å². The molecular weight excluding hydrogens is 327 g/mol. The maximum Gasteiger partial charge on any atom is 0.261 e. The molecular formula is C22H19FN2O. The second-order valence-electron chi connectivity index (χ2n) is 6.91. The number of nitrogens with zero attached hydrogens (tertiary/aromatic N) is 2. The van der Waals surface area contributed by atoms with E-state index < -0.39 is 0 Å². The average molecular weight is 346 g/mol. The minimum atomic E-state index is -0.277. The number of halogens is 1. The summed E-state index contributed by atoms with van der Waals surface area (Å²) in [6.07, 6.45) is 2.90. The van der Waals surface area contributed by atoms with Crippen molar-refractivity contribution in [2.45, 2.75) is 32.7 Å². The largest absolute Gasteiger partial charge is 0.296 e. The highest BCUT2D eigenvalue weighted by molar-refractivity contribution is 5.79. The molecule has 1 aliphatic heterocycles. The van der Waals surface area contributed by atoms with Crippen molar-refractivity contribution < 1.29 is 4.39 Å². The van der Waals surface area contributed by atoms with Gasteiger partial charge < -0.3 is 0 Å². The number of aromatic nitrogens is 2. The Morgan fingerprint density at radius 2 is 1.81 bits per heavy atom. The molecule has 0 aliphatic carbocycles. The monoisotopic (exact) mass is 346 g/mol. The van der Waals surface area contributed by atoms with Gasteiger partial charge in [0.25, 0.3) is 5.56 Å². The maximum absolute atomic E-state index is 13.0. The molecule has 4 heteroatoms. The van der Waals surface area contributed by atoms with Gasteiger partial charge in [0, 0.05) is 24.1 Å². The summed E-state index contributed by atoms with van der Waals surface area (Å²) in [4.78, 5) is 17.6. The van der Waals surface area contributed by atoms with E-state index in [0.717, 1.165) is 42.8 Å². The lowest BCUT2D eigenvalue weighted by Gasteiger charge is -2.10. The van der Waals surface area contributed by atoms with Crippen LogP contribution in [0.25, 0.3) is 10.9 Å². The summed E-state index contributed by atoms with van der Waals surface area (Å²) in [5.41, 5.74) is 2.27. The van der Waals surface area contributed by atoms with Crippen LogP contribution in [0.1, 0.15) is 36.7 Å². The van der Waals surface area contributed by atoms with Crippen LogP contribution >= 0.6 is 0 Å². The Hall–Kier alpha value is -2.93. The first kappa shape index (κ1) is 16.5. The van der Waals surface area contributed by atoms with Gasteiger partial charge in [0.15, 0.2) is 0 Å². The smallest absolute Gasteiger partial charge is 0.261 e. The predicted molar refractivity (Wildman–Crippen MR) is 100 cm³/mol. The number of fused-ring (bicyclic) bond motifs is 2. The SMILES string of the molecule is CC1CCc2nc3cc(C#Cc4ccc(F)cc4)ccc3c(=O)n2CC1. The number of hydrogen-bond acceptors (Lipinski definition) is 2. The fourth-order valence-electron chi connectivity index (χ4n) is 3.31. The van der Waals surface area contributed by atoms with Crippen LogP contribution in [0.2, 0.25) is 0 Å². The Kier molecular flexibility index (Phi) is 4.30. The Bertz CT molecular complexity index is 1090. The molecule has 0 fully saturated rings. The highest BCUT2D eigenvalue weighted by Crippen LogP contribution is 2.19. The second-order valence-corrected chi connectivity index (χ2v) is 6.91. The molecule has 0 N–H and O–H groups in total. The average Bonchev–Trinajstić information content (AvgIpc) is 2.83. The van der Waals surface area contributed by atoms with E-state index in [1.807, 2.05) is 16.7 Å². The lowest BCUT2D eigenvalue weighted by Crippen LogP contribution is -2.24. The maximum atomic E-state index is 13.0. The standard InChI is InChI=1S/C22H19FN2O/c1-15-2-11-21-24-20-14-17(4-3-16-5-8-18(23)9-6-16)7-10-19(20)22(26)25(21)13-12-15/h5-10,14-15H,2,11-13H2,1H3. The van der Waals surface area contributed by atoms with Crippen molar-refractivity contribution in [3.63, 3.8) is 0 Å². The lowest BCUT2D eigenvalue weighted by molar-refractivity contribution is 0.484. The minimum Gasteiger partial charge on any atom is -0.296 e. The highest BCUT2D eigenvalue weighted by Gasteiger charge is 2.16. The summed E-state index contributed by atoms with van der Waals surface area (Å²) >= 11 is 0. The Morgan fingerprint density at radius 3 is 2.62 bits per heavy atom. The lowest BCUT2D eigenvalue weighted by atomic mass is 10.0. The molecule has 0 radical (unpaired) electrons. The highest BCUT2D eigenvalue weighted by atomic mass is 19.1. The normalized spacial score (nSPS) is 16.5. The van der Waals surface area contributed by atoms with Gasteiger partial charge in [-0.05, 0) is 61.2 Å². The van der Waals surface area contributed by atoms with Gasteiger partial charge in [-0.25, -0.2) is 9.37 Å². The summed E-state index contributed by atoms with van der Waals surface area (Å²) in [6.45, 7) is 2.96. The van der Waals surface area contributed by atoms with Crippen LogP contribution in [0, 0.1) is 23.6 Å². The first-order chi connectivity index (χ1) is 12.6. The molecule has 0 bridgehead atoms. The number of benzene rings is 2. The minimum absolute atomic E-state index is 0.0390. The van der Waals surface area contributed by atoms with E-state index >= 15 is 0 Å². The van der Waals surface area contributed by atoms with E-state index in [1.165, 1.54) is 12.1 Å². The Morgan fingerprint density at radius 1 is 1.08 bits per heavy atom. The van der Waals surface area contributed by atoms with Gasteiger partial charge in [-0.3, -0.25) is 9.36 Å². The molecule has 4 rings (SSSR count). The van der Waals surface area contributed by atoms with Crippen molar-refractivity contribution in [1.82, 2.24) is 9.55 Å². The van der Waals surface area contributed by atoms with Crippen molar-refractivity contribution in [2.24, 2.45) is 5.92 Å². The molecule has 2 heterocycles. The number of hydrogen-bond donors (Lipinski definition) is 0. The first-order valence-corrected chi connectivity index (χ1v) is 8.91. The molecule has 3 nitrogen and oxygen atoms in total. The third kappa shape index (κ3) is 3.25.